The molecule has 5 heteroatoms. The number of rotatable bonds is 6. The second-order valence-electron chi connectivity index (χ2n) is 15.8. The SMILES string of the molecule is CN1CN(c2cc(Oc3ccc4c5ccccc5n(-c5cc(C6(c7ccccc7)CCCCC6)ccn5)c4c3)cc(C(C)(C)C)c2)c2ccccc21. The summed E-state index contributed by atoms with van der Waals surface area (Å²) < 4.78 is 9.17. The fourth-order valence-electron chi connectivity index (χ4n) is 8.72. The molecule has 0 unspecified atom stereocenters. The van der Waals surface area contributed by atoms with E-state index in [9.17, 15) is 0 Å². The van der Waals surface area contributed by atoms with Gasteiger partial charge in [0.15, 0.2) is 0 Å². The highest BCUT2D eigenvalue weighted by Crippen LogP contribution is 2.46. The predicted molar refractivity (Wildman–Crippen MR) is 216 cm³/mol. The summed E-state index contributed by atoms with van der Waals surface area (Å²) in [5.74, 6) is 2.57. The summed E-state index contributed by atoms with van der Waals surface area (Å²) in [6.07, 6.45) is 8.09. The van der Waals surface area contributed by atoms with Crippen LogP contribution in [0.15, 0.2) is 134 Å². The number of aromatic nitrogens is 2. The van der Waals surface area contributed by atoms with Crippen LogP contribution in [0.25, 0.3) is 27.6 Å². The highest BCUT2D eigenvalue weighted by atomic mass is 16.5. The van der Waals surface area contributed by atoms with Crippen molar-refractivity contribution in [3.63, 3.8) is 0 Å². The lowest BCUT2D eigenvalue weighted by Gasteiger charge is -2.38. The number of nitrogens with zero attached hydrogens (tertiary/aromatic N) is 4. The van der Waals surface area contributed by atoms with Gasteiger partial charge in [0, 0.05) is 47.3 Å². The van der Waals surface area contributed by atoms with Gasteiger partial charge in [-0.15, -0.1) is 0 Å². The molecule has 0 bridgehead atoms. The van der Waals surface area contributed by atoms with Crippen molar-refractivity contribution in [2.45, 2.75) is 63.7 Å². The maximum absolute atomic E-state index is 6.84. The molecule has 5 aromatic carbocycles. The van der Waals surface area contributed by atoms with Crippen LogP contribution >= 0.6 is 0 Å². The summed E-state index contributed by atoms with van der Waals surface area (Å²) in [6.45, 7) is 7.58. The van der Waals surface area contributed by atoms with Crippen molar-refractivity contribution in [3.8, 4) is 17.3 Å². The van der Waals surface area contributed by atoms with E-state index in [0.29, 0.717) is 0 Å². The van der Waals surface area contributed by atoms with Gasteiger partial charge in [-0.25, -0.2) is 4.98 Å². The Morgan fingerprint density at radius 1 is 0.635 bits per heavy atom. The normalized spacial score (nSPS) is 15.7. The third-order valence-corrected chi connectivity index (χ3v) is 11.4. The molecule has 1 saturated carbocycles. The average molecular weight is 683 g/mol. The Bertz CT molecular complexity index is 2410. The highest BCUT2D eigenvalue weighted by molar-refractivity contribution is 6.09. The molecule has 9 rings (SSSR count). The largest absolute Gasteiger partial charge is 0.457 e. The first-order valence-electron chi connectivity index (χ1n) is 18.8. The number of hydrogen-bond acceptors (Lipinski definition) is 4. The molecular formula is C47H46N4O. The van der Waals surface area contributed by atoms with Gasteiger partial charge < -0.3 is 14.5 Å². The molecule has 7 aromatic rings. The number of anilines is 3. The number of para-hydroxylation sites is 3. The van der Waals surface area contributed by atoms with E-state index in [1.54, 1.807) is 0 Å². The minimum Gasteiger partial charge on any atom is -0.457 e. The Morgan fingerprint density at radius 3 is 2.17 bits per heavy atom. The Kier molecular flexibility index (Phi) is 7.84. The van der Waals surface area contributed by atoms with E-state index >= 15 is 0 Å². The number of hydrogen-bond donors (Lipinski definition) is 0. The smallest absolute Gasteiger partial charge is 0.137 e. The summed E-state index contributed by atoms with van der Waals surface area (Å²) in [4.78, 5) is 9.72. The zero-order valence-electron chi connectivity index (χ0n) is 30.6. The third-order valence-electron chi connectivity index (χ3n) is 11.4. The topological polar surface area (TPSA) is 33.5 Å². The fourth-order valence-corrected chi connectivity index (χ4v) is 8.72. The molecule has 0 N–H and O–H groups in total. The molecule has 0 amide bonds. The number of pyridine rings is 1. The van der Waals surface area contributed by atoms with Crippen LogP contribution in [0.4, 0.5) is 17.1 Å². The summed E-state index contributed by atoms with van der Waals surface area (Å²) >= 11 is 0. The lowest BCUT2D eigenvalue weighted by atomic mass is 9.65. The fraction of sp³-hybridized carbons (Fsp3) is 0.255. The number of fused-ring (bicyclic) bond motifs is 4. The van der Waals surface area contributed by atoms with Gasteiger partial charge in [-0.1, -0.05) is 101 Å². The minimum atomic E-state index is -0.0538. The minimum absolute atomic E-state index is 0.00925. The van der Waals surface area contributed by atoms with Crippen molar-refractivity contribution in [1.29, 1.82) is 0 Å². The molecular weight excluding hydrogens is 637 g/mol. The quantitative estimate of drug-likeness (QED) is 0.175. The molecule has 1 aliphatic heterocycles. The molecule has 0 radical (unpaired) electrons. The van der Waals surface area contributed by atoms with Gasteiger partial charge in [-0.2, -0.15) is 0 Å². The van der Waals surface area contributed by atoms with Gasteiger partial charge in [0.05, 0.1) is 29.1 Å². The molecule has 52 heavy (non-hydrogen) atoms. The van der Waals surface area contributed by atoms with E-state index in [4.69, 9.17) is 9.72 Å². The summed E-state index contributed by atoms with van der Waals surface area (Å²) in [5, 5.41) is 2.40. The van der Waals surface area contributed by atoms with Gasteiger partial charge in [0.1, 0.15) is 17.3 Å². The number of ether oxygens (including phenoxy) is 1. The molecule has 2 aromatic heterocycles. The monoisotopic (exact) mass is 682 g/mol. The predicted octanol–water partition coefficient (Wildman–Crippen LogP) is 12.1. The van der Waals surface area contributed by atoms with E-state index in [1.165, 1.54) is 58.1 Å². The van der Waals surface area contributed by atoms with Gasteiger partial charge in [-0.3, -0.25) is 4.57 Å². The van der Waals surface area contributed by atoms with E-state index in [0.717, 1.165) is 53.5 Å². The van der Waals surface area contributed by atoms with Gasteiger partial charge in [0.25, 0.3) is 0 Å². The van der Waals surface area contributed by atoms with Gasteiger partial charge in [0.2, 0.25) is 0 Å². The van der Waals surface area contributed by atoms with E-state index < -0.39 is 0 Å². The van der Waals surface area contributed by atoms with Crippen molar-refractivity contribution < 1.29 is 4.74 Å². The van der Waals surface area contributed by atoms with Crippen LogP contribution < -0.4 is 14.5 Å². The van der Waals surface area contributed by atoms with Crippen molar-refractivity contribution in [3.05, 3.63) is 150 Å². The first-order valence-corrected chi connectivity index (χ1v) is 18.8. The van der Waals surface area contributed by atoms with Crippen molar-refractivity contribution in [2.75, 3.05) is 23.5 Å². The van der Waals surface area contributed by atoms with Crippen LogP contribution in [0, 0.1) is 0 Å². The van der Waals surface area contributed by atoms with Crippen LogP contribution in [-0.4, -0.2) is 23.3 Å². The Labute approximate surface area is 307 Å². The summed E-state index contributed by atoms with van der Waals surface area (Å²) in [6, 6.07) is 46.2. The van der Waals surface area contributed by atoms with Crippen molar-refractivity contribution in [1.82, 2.24) is 9.55 Å². The summed E-state index contributed by atoms with van der Waals surface area (Å²) in [5.41, 5.74) is 9.74. The van der Waals surface area contributed by atoms with Gasteiger partial charge in [-0.05, 0) is 89.5 Å². The average Bonchev–Trinajstić information content (AvgIpc) is 3.69. The molecule has 260 valence electrons. The van der Waals surface area contributed by atoms with Crippen LogP contribution in [0.5, 0.6) is 11.5 Å². The maximum Gasteiger partial charge on any atom is 0.137 e. The van der Waals surface area contributed by atoms with Crippen molar-refractivity contribution >= 4 is 38.9 Å². The van der Waals surface area contributed by atoms with Crippen LogP contribution in [-0.2, 0) is 10.8 Å². The van der Waals surface area contributed by atoms with Crippen LogP contribution in [0.3, 0.4) is 0 Å². The first-order chi connectivity index (χ1) is 25.3. The molecule has 3 heterocycles. The highest BCUT2D eigenvalue weighted by Gasteiger charge is 2.36. The van der Waals surface area contributed by atoms with E-state index in [1.807, 2.05) is 6.20 Å². The van der Waals surface area contributed by atoms with Crippen molar-refractivity contribution in [2.24, 2.45) is 0 Å². The van der Waals surface area contributed by atoms with Gasteiger partial charge >= 0.3 is 0 Å². The molecule has 2 aliphatic rings. The first kappa shape index (κ1) is 32.4. The van der Waals surface area contributed by atoms with Crippen LogP contribution in [0.2, 0.25) is 0 Å². The second kappa shape index (κ2) is 12.6. The zero-order valence-corrected chi connectivity index (χ0v) is 30.6. The molecule has 1 aliphatic carbocycles. The third kappa shape index (κ3) is 5.51. The Balaban J connectivity index is 1.15. The Morgan fingerprint density at radius 2 is 1.37 bits per heavy atom. The maximum atomic E-state index is 6.84. The molecule has 0 saturated heterocycles. The Hall–Kier alpha value is -5.55. The number of benzene rings is 5. The van der Waals surface area contributed by atoms with E-state index in [2.05, 4.69) is 170 Å². The molecule has 0 atom stereocenters. The molecule has 5 nitrogen and oxygen atoms in total. The zero-order chi connectivity index (χ0) is 35.5. The standard InChI is InChI=1S/C47H46N4O/c1-46(2,3)35-27-36(50-32-49(4)42-19-11-12-20-43(42)50)30-38(28-35)52-37-21-22-40-39-17-9-10-18-41(39)51(44(40)31-37)45-29-34(23-26-48-45)47(24-13-6-14-25-47)33-15-7-5-8-16-33/h5,7-12,15-23,26-31H,6,13-14,24-25,32H2,1-4H3. The lowest BCUT2D eigenvalue weighted by molar-refractivity contribution is 0.345. The molecule has 1 fully saturated rings. The molecule has 0 spiro atoms. The lowest BCUT2D eigenvalue weighted by Crippen LogP contribution is -2.30. The van der Waals surface area contributed by atoms with E-state index in [-0.39, 0.29) is 10.8 Å². The summed E-state index contributed by atoms with van der Waals surface area (Å²) in [7, 11) is 2.15. The second-order valence-corrected chi connectivity index (χ2v) is 15.8. The van der Waals surface area contributed by atoms with Crippen LogP contribution in [0.1, 0.15) is 69.6 Å².